The molecule has 0 saturated carbocycles. The predicted molar refractivity (Wildman–Crippen MR) is 68.4 cm³/mol. The maximum Gasteiger partial charge on any atom is 0.293 e. The van der Waals surface area contributed by atoms with E-state index in [-0.39, 0.29) is 5.60 Å². The van der Waals surface area contributed by atoms with Crippen LogP contribution in [0.2, 0.25) is 0 Å². The van der Waals surface area contributed by atoms with Gasteiger partial charge in [0, 0.05) is 18.5 Å². The molecule has 96 valence electrons. The first-order valence-corrected chi connectivity index (χ1v) is 6.28. The highest BCUT2D eigenvalue weighted by Gasteiger charge is 2.33. The van der Waals surface area contributed by atoms with Crippen LogP contribution in [0.3, 0.4) is 0 Å². The molecule has 0 aromatic heterocycles. The van der Waals surface area contributed by atoms with Crippen molar-refractivity contribution in [2.75, 3.05) is 13.1 Å². The minimum absolute atomic E-state index is 0.318. The van der Waals surface area contributed by atoms with E-state index >= 15 is 0 Å². The first kappa shape index (κ1) is 14.1. The molecule has 3 heteroatoms. The average Bonchev–Trinajstić information content (AvgIpc) is 2.75. The lowest BCUT2D eigenvalue weighted by atomic mass is 10.0. The summed E-state index contributed by atoms with van der Waals surface area (Å²) in [6, 6.07) is 0.848. The molecule has 17 heavy (non-hydrogen) atoms. The number of nitrogens with zero attached hydrogens (tertiary/aromatic N) is 1. The molecule has 0 amide bonds. The van der Waals surface area contributed by atoms with Gasteiger partial charge in [-0.1, -0.05) is 0 Å². The Balaban J connectivity index is 0.000000185. The number of hydrogen-bond acceptors (Lipinski definition) is 3. The highest BCUT2D eigenvalue weighted by atomic mass is 16.5. The lowest BCUT2D eigenvalue weighted by Crippen LogP contribution is -2.22. The highest BCUT2D eigenvalue weighted by molar-refractivity contribution is 5.37. The van der Waals surface area contributed by atoms with E-state index in [9.17, 15) is 4.79 Å². The zero-order valence-corrected chi connectivity index (χ0v) is 11.1. The minimum atomic E-state index is -0.318. The number of carbonyl (C=O) groups is 1. The maximum atomic E-state index is 9.60. The summed E-state index contributed by atoms with van der Waals surface area (Å²) in [6.45, 7) is 8.38. The molecule has 0 bridgehead atoms. The van der Waals surface area contributed by atoms with E-state index in [0.29, 0.717) is 12.4 Å². The lowest BCUT2D eigenvalue weighted by molar-refractivity contribution is -0.138. The fourth-order valence-corrected chi connectivity index (χ4v) is 2.35. The molecule has 2 unspecified atom stereocenters. The van der Waals surface area contributed by atoms with Gasteiger partial charge in [-0.25, -0.2) is 0 Å². The van der Waals surface area contributed by atoms with Crippen molar-refractivity contribution in [3.05, 3.63) is 0 Å². The molecule has 2 saturated heterocycles. The molecule has 2 atom stereocenters. The van der Waals surface area contributed by atoms with Crippen LogP contribution in [0.25, 0.3) is 0 Å². The number of terminal acetylenes is 1. The molecule has 0 aromatic rings. The van der Waals surface area contributed by atoms with Gasteiger partial charge >= 0.3 is 0 Å². The summed E-state index contributed by atoms with van der Waals surface area (Å²) >= 11 is 0. The Morgan fingerprint density at radius 3 is 2.59 bits per heavy atom. The predicted octanol–water partition coefficient (Wildman–Crippen LogP) is 2.06. The topological polar surface area (TPSA) is 29.5 Å². The number of hydrogen-bond donors (Lipinski definition) is 0. The van der Waals surface area contributed by atoms with Gasteiger partial charge < -0.3 is 4.74 Å². The summed E-state index contributed by atoms with van der Waals surface area (Å²) in [5, 5.41) is 0. The van der Waals surface area contributed by atoms with Gasteiger partial charge in [0.25, 0.3) is 6.47 Å². The molecule has 2 aliphatic rings. The van der Waals surface area contributed by atoms with Crippen molar-refractivity contribution in [1.82, 2.24) is 4.90 Å². The lowest BCUT2D eigenvalue weighted by Gasteiger charge is -2.14. The van der Waals surface area contributed by atoms with Crippen LogP contribution in [0.15, 0.2) is 0 Å². The maximum absolute atomic E-state index is 9.60. The van der Waals surface area contributed by atoms with Crippen molar-refractivity contribution in [2.45, 2.75) is 51.7 Å². The standard InChI is InChI=1S/C9H13N.C5H10O2/c1-2-8-6-9-4-3-5-10(9)7-8;1-5(2,3)7-4-6/h1,8-9H,3-7H2;4H,1-3H3. The van der Waals surface area contributed by atoms with Crippen LogP contribution in [0, 0.1) is 18.3 Å². The third-order valence-electron chi connectivity index (χ3n) is 3.15. The van der Waals surface area contributed by atoms with Crippen molar-refractivity contribution in [3.63, 3.8) is 0 Å². The molecule has 2 rings (SSSR count). The van der Waals surface area contributed by atoms with Gasteiger partial charge in [0.15, 0.2) is 0 Å². The van der Waals surface area contributed by atoms with Gasteiger partial charge in [0.05, 0.1) is 0 Å². The third-order valence-corrected chi connectivity index (χ3v) is 3.15. The monoisotopic (exact) mass is 237 g/mol. The van der Waals surface area contributed by atoms with Crippen molar-refractivity contribution in [2.24, 2.45) is 5.92 Å². The average molecular weight is 237 g/mol. The third kappa shape index (κ3) is 4.79. The second-order valence-electron chi connectivity index (χ2n) is 5.72. The van der Waals surface area contributed by atoms with E-state index in [0.717, 1.165) is 6.04 Å². The van der Waals surface area contributed by atoms with Gasteiger partial charge in [-0.05, 0) is 46.6 Å². The number of carbonyl (C=O) groups excluding carboxylic acids is 1. The molecule has 0 N–H and O–H groups in total. The van der Waals surface area contributed by atoms with Crippen molar-refractivity contribution in [3.8, 4) is 12.3 Å². The van der Waals surface area contributed by atoms with Crippen molar-refractivity contribution >= 4 is 6.47 Å². The molecule has 3 nitrogen and oxygen atoms in total. The Labute approximate surface area is 105 Å². The fraction of sp³-hybridized carbons (Fsp3) is 0.786. The fourth-order valence-electron chi connectivity index (χ4n) is 2.35. The zero-order chi connectivity index (χ0) is 12.9. The first-order chi connectivity index (χ1) is 7.96. The van der Waals surface area contributed by atoms with Crippen LogP contribution in [-0.4, -0.2) is 36.1 Å². The molecule has 0 aromatic carbocycles. The Morgan fingerprint density at radius 1 is 1.47 bits per heavy atom. The van der Waals surface area contributed by atoms with E-state index in [1.54, 1.807) is 0 Å². The summed E-state index contributed by atoms with van der Waals surface area (Å²) in [5.41, 5.74) is -0.318. The molecule has 2 fully saturated rings. The summed E-state index contributed by atoms with van der Waals surface area (Å²) in [6.07, 6.45) is 9.40. The van der Waals surface area contributed by atoms with Crippen LogP contribution >= 0.6 is 0 Å². The normalized spacial score (nSPS) is 27.6. The quantitative estimate of drug-likeness (QED) is 0.516. The van der Waals surface area contributed by atoms with Crippen LogP contribution in [-0.2, 0) is 9.53 Å². The van der Waals surface area contributed by atoms with Crippen molar-refractivity contribution < 1.29 is 9.53 Å². The van der Waals surface area contributed by atoms with E-state index in [4.69, 9.17) is 6.42 Å². The largest absolute Gasteiger partial charge is 0.462 e. The summed E-state index contributed by atoms with van der Waals surface area (Å²) in [4.78, 5) is 12.1. The van der Waals surface area contributed by atoms with Gasteiger partial charge in [-0.3, -0.25) is 9.69 Å². The SMILES string of the molecule is C#CC1CC2CCCN2C1.CC(C)(C)OC=O. The second-order valence-corrected chi connectivity index (χ2v) is 5.72. The zero-order valence-electron chi connectivity index (χ0n) is 11.1. The van der Waals surface area contributed by atoms with Gasteiger partial charge in [-0.2, -0.15) is 0 Å². The number of ether oxygens (including phenoxy) is 1. The first-order valence-electron chi connectivity index (χ1n) is 6.28. The summed E-state index contributed by atoms with van der Waals surface area (Å²) < 4.78 is 4.55. The molecule has 2 heterocycles. The Kier molecular flexibility index (Phi) is 5.02. The summed E-state index contributed by atoms with van der Waals surface area (Å²) in [7, 11) is 0. The van der Waals surface area contributed by atoms with Gasteiger partial charge in [0.2, 0.25) is 0 Å². The molecule has 2 aliphatic heterocycles. The molecular weight excluding hydrogens is 214 g/mol. The number of fused-ring (bicyclic) bond motifs is 1. The minimum Gasteiger partial charge on any atom is -0.462 e. The van der Waals surface area contributed by atoms with E-state index < -0.39 is 0 Å². The molecule has 0 spiro atoms. The van der Waals surface area contributed by atoms with Crippen LogP contribution in [0.1, 0.15) is 40.0 Å². The van der Waals surface area contributed by atoms with E-state index in [1.165, 1.54) is 32.4 Å². The summed E-state index contributed by atoms with van der Waals surface area (Å²) in [5.74, 6) is 3.41. The Hall–Kier alpha value is -1.01. The Morgan fingerprint density at radius 2 is 2.18 bits per heavy atom. The van der Waals surface area contributed by atoms with E-state index in [1.807, 2.05) is 20.8 Å². The highest BCUT2D eigenvalue weighted by Crippen LogP contribution is 2.30. The molecule has 0 radical (unpaired) electrons. The Bertz CT molecular complexity index is 276. The van der Waals surface area contributed by atoms with Crippen LogP contribution in [0.4, 0.5) is 0 Å². The van der Waals surface area contributed by atoms with E-state index in [2.05, 4.69) is 15.6 Å². The van der Waals surface area contributed by atoms with Crippen molar-refractivity contribution in [1.29, 1.82) is 0 Å². The second kappa shape index (κ2) is 6.07. The van der Waals surface area contributed by atoms with Crippen LogP contribution < -0.4 is 0 Å². The molecule has 0 aliphatic carbocycles. The van der Waals surface area contributed by atoms with Gasteiger partial charge in [0.1, 0.15) is 5.60 Å². The smallest absolute Gasteiger partial charge is 0.293 e. The van der Waals surface area contributed by atoms with Gasteiger partial charge in [-0.15, -0.1) is 12.3 Å². The van der Waals surface area contributed by atoms with Crippen LogP contribution in [0.5, 0.6) is 0 Å². The number of rotatable bonds is 1. The molecular formula is C14H23NO2.